The quantitative estimate of drug-likeness (QED) is 0.157. The van der Waals surface area contributed by atoms with E-state index in [0.29, 0.717) is 28.1 Å². The first kappa shape index (κ1) is 37.0. The fraction of sp³-hybridized carbons (Fsp3) is 0.297. The summed E-state index contributed by atoms with van der Waals surface area (Å²) in [4.78, 5) is 29.6. The van der Waals surface area contributed by atoms with Gasteiger partial charge in [0.25, 0.3) is 10.0 Å². The third-order valence-corrected chi connectivity index (χ3v) is 9.90. The molecule has 0 aliphatic heterocycles. The van der Waals surface area contributed by atoms with Crippen LogP contribution in [0.2, 0.25) is 0 Å². The molecule has 4 rings (SSSR count). The Kier molecular flexibility index (Phi) is 12.1. The summed E-state index contributed by atoms with van der Waals surface area (Å²) >= 11 is 0. The van der Waals surface area contributed by atoms with Gasteiger partial charge in [-0.1, -0.05) is 73.2 Å². The number of nitrogens with zero attached hydrogens (tertiary/aromatic N) is 2. The number of alkyl halides is 3. The van der Waals surface area contributed by atoms with Gasteiger partial charge < -0.3 is 15.0 Å². The Morgan fingerprint density at radius 3 is 2.16 bits per heavy atom. The number of nitrogens with one attached hydrogen (secondary N) is 1. The maximum absolute atomic E-state index is 14.6. The van der Waals surface area contributed by atoms with E-state index in [2.05, 4.69) is 5.32 Å². The van der Waals surface area contributed by atoms with Crippen molar-refractivity contribution in [2.24, 2.45) is 0 Å². The Labute approximate surface area is 285 Å². The minimum atomic E-state index is -4.77. The lowest BCUT2D eigenvalue weighted by molar-refractivity contribution is -0.140. The van der Waals surface area contributed by atoms with Gasteiger partial charge in [0, 0.05) is 19.0 Å². The number of halogens is 3. The van der Waals surface area contributed by atoms with E-state index in [1.807, 2.05) is 32.0 Å². The lowest BCUT2D eigenvalue weighted by Gasteiger charge is -2.34. The summed E-state index contributed by atoms with van der Waals surface area (Å²) in [7, 11) is -3.09. The first-order valence-corrected chi connectivity index (χ1v) is 17.2. The molecule has 0 aliphatic rings. The molecule has 4 aromatic carbocycles. The zero-order chi connectivity index (χ0) is 35.8. The maximum Gasteiger partial charge on any atom is 0.416 e. The average molecular weight is 696 g/mol. The number of amides is 2. The number of benzene rings is 4. The summed E-state index contributed by atoms with van der Waals surface area (Å²) in [6.45, 7) is 4.48. The van der Waals surface area contributed by atoms with E-state index in [1.165, 1.54) is 30.2 Å². The van der Waals surface area contributed by atoms with Crippen LogP contribution in [0.15, 0.2) is 108 Å². The van der Waals surface area contributed by atoms with Crippen LogP contribution < -0.4 is 14.4 Å². The van der Waals surface area contributed by atoms with Gasteiger partial charge in [-0.05, 0) is 73.9 Å². The number of rotatable bonds is 14. The predicted molar refractivity (Wildman–Crippen MR) is 183 cm³/mol. The lowest BCUT2D eigenvalue weighted by atomic mass is 10.0. The molecule has 0 aromatic heterocycles. The van der Waals surface area contributed by atoms with Crippen LogP contribution in [-0.2, 0) is 38.8 Å². The third kappa shape index (κ3) is 9.62. The molecule has 2 amide bonds. The normalized spacial score (nSPS) is 12.9. The minimum absolute atomic E-state index is 0.0904. The van der Waals surface area contributed by atoms with Crippen LogP contribution in [0.3, 0.4) is 0 Å². The van der Waals surface area contributed by atoms with Crippen LogP contribution in [0, 0.1) is 6.92 Å². The SMILES string of the molecule is CC[C@H](C)NC(=O)[C@H](Cc1ccccc1)N(Cc1cccc(OC)c1)C(=O)CN(c1cccc(C(F)(F)F)c1)S(=O)(=O)c1ccc(C)cc1. The van der Waals surface area contributed by atoms with E-state index in [1.54, 1.807) is 55.5 Å². The molecule has 0 radical (unpaired) electrons. The summed E-state index contributed by atoms with van der Waals surface area (Å²) in [5.41, 5.74) is 0.672. The first-order chi connectivity index (χ1) is 23.2. The highest BCUT2D eigenvalue weighted by Crippen LogP contribution is 2.33. The van der Waals surface area contributed by atoms with Crippen molar-refractivity contribution in [2.45, 2.75) is 63.3 Å². The molecule has 0 heterocycles. The van der Waals surface area contributed by atoms with E-state index in [4.69, 9.17) is 4.74 Å². The van der Waals surface area contributed by atoms with Crippen LogP contribution in [0.4, 0.5) is 18.9 Å². The Bertz CT molecular complexity index is 1830. The molecule has 8 nitrogen and oxygen atoms in total. The zero-order valence-corrected chi connectivity index (χ0v) is 28.6. The van der Waals surface area contributed by atoms with Crippen molar-refractivity contribution in [3.05, 3.63) is 125 Å². The van der Waals surface area contributed by atoms with Crippen molar-refractivity contribution >= 4 is 27.5 Å². The summed E-state index contributed by atoms with van der Waals surface area (Å²) in [6.07, 6.45) is -4.06. The predicted octanol–water partition coefficient (Wildman–Crippen LogP) is 6.77. The molecule has 0 spiro atoms. The van der Waals surface area contributed by atoms with Crippen LogP contribution in [-0.4, -0.2) is 50.9 Å². The highest BCUT2D eigenvalue weighted by atomic mass is 32.2. The van der Waals surface area contributed by atoms with Gasteiger partial charge in [-0.25, -0.2) is 8.42 Å². The molecular weight excluding hydrogens is 655 g/mol. The molecule has 1 N–H and O–H groups in total. The molecule has 12 heteroatoms. The molecular formula is C37H40F3N3O5S. The van der Waals surface area contributed by atoms with Gasteiger partial charge in [0.1, 0.15) is 18.3 Å². The standard InChI is InChI=1S/C37H40F3N3O5S/c1-5-27(3)41-36(45)34(22-28-11-7-6-8-12-28)42(24-29-13-9-16-32(21-29)48-4)35(44)25-43(31-15-10-14-30(23-31)37(38,39)40)49(46,47)33-19-17-26(2)18-20-33/h6-21,23,27,34H,5,22,24-25H2,1-4H3,(H,41,45)/t27-,34-/m0/s1. The molecule has 0 saturated carbocycles. The number of anilines is 1. The van der Waals surface area contributed by atoms with Crippen molar-refractivity contribution in [3.63, 3.8) is 0 Å². The summed E-state index contributed by atoms with van der Waals surface area (Å²) in [6, 6.07) is 24.2. The fourth-order valence-corrected chi connectivity index (χ4v) is 6.57. The summed E-state index contributed by atoms with van der Waals surface area (Å²) < 4.78 is 75.8. The van der Waals surface area contributed by atoms with Crippen molar-refractivity contribution < 1.29 is 35.9 Å². The molecule has 0 bridgehead atoms. The van der Waals surface area contributed by atoms with Crippen LogP contribution >= 0.6 is 0 Å². The molecule has 0 aliphatic carbocycles. The van der Waals surface area contributed by atoms with E-state index < -0.39 is 46.2 Å². The number of hydrogen-bond acceptors (Lipinski definition) is 5. The molecule has 0 fully saturated rings. The van der Waals surface area contributed by atoms with Gasteiger partial charge in [-0.3, -0.25) is 13.9 Å². The lowest BCUT2D eigenvalue weighted by Crippen LogP contribution is -2.54. The second kappa shape index (κ2) is 16.0. The Morgan fingerprint density at radius 1 is 0.878 bits per heavy atom. The van der Waals surface area contributed by atoms with Gasteiger partial charge in [0.15, 0.2) is 0 Å². The molecule has 4 aromatic rings. The van der Waals surface area contributed by atoms with Gasteiger partial charge in [0.05, 0.1) is 23.3 Å². The highest BCUT2D eigenvalue weighted by molar-refractivity contribution is 7.92. The monoisotopic (exact) mass is 695 g/mol. The molecule has 0 saturated heterocycles. The van der Waals surface area contributed by atoms with Crippen LogP contribution in [0.1, 0.15) is 42.5 Å². The number of sulfonamides is 1. The number of aryl methyl sites for hydroxylation is 1. The van der Waals surface area contributed by atoms with Crippen molar-refractivity contribution in [1.29, 1.82) is 0 Å². The van der Waals surface area contributed by atoms with E-state index in [0.717, 1.165) is 23.3 Å². The second-order valence-electron chi connectivity index (χ2n) is 11.8. The summed E-state index contributed by atoms with van der Waals surface area (Å²) in [5, 5.41) is 2.95. The van der Waals surface area contributed by atoms with E-state index in [9.17, 15) is 31.2 Å². The molecule has 0 unspecified atom stereocenters. The first-order valence-electron chi connectivity index (χ1n) is 15.8. The number of methoxy groups -OCH3 is 1. The maximum atomic E-state index is 14.6. The number of hydrogen-bond donors (Lipinski definition) is 1. The van der Waals surface area contributed by atoms with E-state index >= 15 is 0 Å². The largest absolute Gasteiger partial charge is 0.497 e. The fourth-order valence-electron chi connectivity index (χ4n) is 5.17. The van der Waals surface area contributed by atoms with Gasteiger partial charge in [-0.2, -0.15) is 13.2 Å². The molecule has 260 valence electrons. The van der Waals surface area contributed by atoms with Gasteiger partial charge in [0.2, 0.25) is 11.8 Å². The van der Waals surface area contributed by atoms with Crippen molar-refractivity contribution in [2.75, 3.05) is 18.0 Å². The number of carbonyl (C=O) groups excluding carboxylic acids is 2. The van der Waals surface area contributed by atoms with Gasteiger partial charge >= 0.3 is 6.18 Å². The average Bonchev–Trinajstić information content (AvgIpc) is 3.08. The molecule has 2 atom stereocenters. The third-order valence-electron chi connectivity index (χ3n) is 8.11. The van der Waals surface area contributed by atoms with Crippen molar-refractivity contribution in [1.82, 2.24) is 10.2 Å². The highest BCUT2D eigenvalue weighted by Gasteiger charge is 2.36. The van der Waals surface area contributed by atoms with Crippen molar-refractivity contribution in [3.8, 4) is 5.75 Å². The Hall–Kier alpha value is -4.84. The van der Waals surface area contributed by atoms with Crippen LogP contribution in [0.25, 0.3) is 0 Å². The summed E-state index contributed by atoms with van der Waals surface area (Å²) in [5.74, 6) is -0.751. The van der Waals surface area contributed by atoms with E-state index in [-0.39, 0.29) is 29.6 Å². The Morgan fingerprint density at radius 2 is 1.53 bits per heavy atom. The zero-order valence-electron chi connectivity index (χ0n) is 27.8. The smallest absolute Gasteiger partial charge is 0.416 e. The topological polar surface area (TPSA) is 96.0 Å². The Balaban J connectivity index is 1.86. The van der Waals surface area contributed by atoms with Gasteiger partial charge in [-0.15, -0.1) is 0 Å². The van der Waals surface area contributed by atoms with Crippen LogP contribution in [0.5, 0.6) is 5.75 Å². The molecule has 49 heavy (non-hydrogen) atoms. The second-order valence-corrected chi connectivity index (χ2v) is 13.6. The minimum Gasteiger partial charge on any atom is -0.497 e. The number of carbonyl (C=O) groups is 2. The number of ether oxygens (including phenoxy) is 1.